The molecule has 0 fully saturated rings. The molecule has 0 aliphatic carbocycles. The van der Waals surface area contributed by atoms with E-state index in [9.17, 15) is 5.11 Å². The van der Waals surface area contributed by atoms with Gasteiger partial charge in [0.25, 0.3) is 0 Å². The quantitative estimate of drug-likeness (QED) is 0.898. The third-order valence-corrected chi connectivity index (χ3v) is 3.49. The molecule has 20 heavy (non-hydrogen) atoms. The van der Waals surface area contributed by atoms with Gasteiger partial charge in [0.2, 0.25) is 0 Å². The lowest BCUT2D eigenvalue weighted by Crippen LogP contribution is -2.39. The molecule has 1 aromatic heterocycles. The number of rotatable bonds is 4. The van der Waals surface area contributed by atoms with Crippen molar-refractivity contribution in [1.29, 1.82) is 0 Å². The SMILES string of the molecule is CC(C)(C)NCCC(C)(O)c1ccc2cccnc2c1. The predicted molar refractivity (Wildman–Crippen MR) is 83.7 cm³/mol. The van der Waals surface area contributed by atoms with Gasteiger partial charge in [-0.2, -0.15) is 0 Å². The Balaban J connectivity index is 2.14. The third-order valence-electron chi connectivity index (χ3n) is 3.49. The minimum Gasteiger partial charge on any atom is -0.385 e. The standard InChI is InChI=1S/C17H24N2O/c1-16(2,3)19-11-9-17(4,20)14-8-7-13-6-5-10-18-15(13)12-14/h5-8,10,12,19-20H,9,11H2,1-4H3. The fourth-order valence-corrected chi connectivity index (χ4v) is 2.23. The highest BCUT2D eigenvalue weighted by molar-refractivity contribution is 5.79. The molecule has 1 aromatic carbocycles. The molecule has 2 aromatic rings. The summed E-state index contributed by atoms with van der Waals surface area (Å²) in [5, 5.41) is 15.2. The van der Waals surface area contributed by atoms with E-state index >= 15 is 0 Å². The van der Waals surface area contributed by atoms with Gasteiger partial charge in [-0.25, -0.2) is 0 Å². The molecule has 2 N–H and O–H groups in total. The van der Waals surface area contributed by atoms with Crippen molar-refractivity contribution in [3.8, 4) is 0 Å². The molecule has 0 radical (unpaired) electrons. The van der Waals surface area contributed by atoms with E-state index in [1.165, 1.54) is 0 Å². The van der Waals surface area contributed by atoms with Crippen LogP contribution in [0.25, 0.3) is 10.9 Å². The average Bonchev–Trinajstić information content (AvgIpc) is 2.36. The first-order valence-electron chi connectivity index (χ1n) is 7.11. The minimum atomic E-state index is -0.843. The minimum absolute atomic E-state index is 0.0705. The van der Waals surface area contributed by atoms with Gasteiger partial charge in [-0.3, -0.25) is 4.98 Å². The van der Waals surface area contributed by atoms with E-state index in [4.69, 9.17) is 0 Å². The van der Waals surface area contributed by atoms with Crippen LogP contribution in [0.2, 0.25) is 0 Å². The summed E-state index contributed by atoms with van der Waals surface area (Å²) < 4.78 is 0. The second-order valence-corrected chi connectivity index (χ2v) is 6.61. The number of hydrogen-bond donors (Lipinski definition) is 2. The molecule has 0 aliphatic rings. The van der Waals surface area contributed by atoms with E-state index in [1.807, 2.05) is 37.3 Å². The molecule has 3 nitrogen and oxygen atoms in total. The van der Waals surface area contributed by atoms with Crippen LogP contribution in [-0.2, 0) is 5.60 Å². The van der Waals surface area contributed by atoms with Crippen LogP contribution in [0.1, 0.15) is 39.7 Å². The Labute approximate surface area is 121 Å². The van der Waals surface area contributed by atoms with Crippen LogP contribution in [0.3, 0.4) is 0 Å². The maximum atomic E-state index is 10.7. The van der Waals surface area contributed by atoms with Gasteiger partial charge in [0, 0.05) is 17.1 Å². The predicted octanol–water partition coefficient (Wildman–Crippen LogP) is 3.22. The first-order chi connectivity index (χ1) is 9.28. The molecular formula is C17H24N2O. The van der Waals surface area contributed by atoms with Gasteiger partial charge in [0.1, 0.15) is 0 Å². The summed E-state index contributed by atoms with van der Waals surface area (Å²) in [5.41, 5.74) is 1.07. The Morgan fingerprint density at radius 2 is 1.90 bits per heavy atom. The van der Waals surface area contributed by atoms with Gasteiger partial charge in [0.05, 0.1) is 11.1 Å². The Bertz CT molecular complexity index is 585. The molecule has 1 atom stereocenters. The van der Waals surface area contributed by atoms with Crippen molar-refractivity contribution >= 4 is 10.9 Å². The zero-order valence-corrected chi connectivity index (χ0v) is 12.8. The van der Waals surface area contributed by atoms with Crippen molar-refractivity contribution in [2.75, 3.05) is 6.54 Å². The summed E-state index contributed by atoms with van der Waals surface area (Å²) in [6.45, 7) is 9.02. The molecule has 2 rings (SSSR count). The molecule has 3 heteroatoms. The van der Waals surface area contributed by atoms with Crippen LogP contribution in [-0.4, -0.2) is 22.2 Å². The van der Waals surface area contributed by atoms with Crippen LogP contribution in [0.5, 0.6) is 0 Å². The van der Waals surface area contributed by atoms with Crippen LogP contribution in [0.4, 0.5) is 0 Å². The fourth-order valence-electron chi connectivity index (χ4n) is 2.23. The van der Waals surface area contributed by atoms with Crippen LogP contribution in [0, 0.1) is 0 Å². The lowest BCUT2D eigenvalue weighted by atomic mass is 9.91. The van der Waals surface area contributed by atoms with Crippen molar-refractivity contribution in [2.24, 2.45) is 0 Å². The summed E-state index contributed by atoms with van der Waals surface area (Å²) in [7, 11) is 0. The lowest BCUT2D eigenvalue weighted by Gasteiger charge is -2.27. The van der Waals surface area contributed by atoms with E-state index in [-0.39, 0.29) is 5.54 Å². The van der Waals surface area contributed by atoms with E-state index in [2.05, 4.69) is 31.1 Å². The number of aromatic nitrogens is 1. The zero-order valence-electron chi connectivity index (χ0n) is 12.8. The molecule has 0 saturated carbocycles. The van der Waals surface area contributed by atoms with Crippen LogP contribution in [0.15, 0.2) is 36.5 Å². The Morgan fingerprint density at radius 3 is 2.60 bits per heavy atom. The van der Waals surface area contributed by atoms with E-state index in [0.717, 1.165) is 23.0 Å². The topological polar surface area (TPSA) is 45.1 Å². The highest BCUT2D eigenvalue weighted by atomic mass is 16.3. The first-order valence-corrected chi connectivity index (χ1v) is 7.11. The zero-order chi connectivity index (χ0) is 14.8. The Kier molecular flexibility index (Phi) is 4.11. The van der Waals surface area contributed by atoms with Crippen molar-refractivity contribution in [2.45, 2.75) is 45.3 Å². The fraction of sp³-hybridized carbons (Fsp3) is 0.471. The second-order valence-electron chi connectivity index (χ2n) is 6.61. The van der Waals surface area contributed by atoms with E-state index in [0.29, 0.717) is 6.42 Å². The van der Waals surface area contributed by atoms with Crippen LogP contribution < -0.4 is 5.32 Å². The maximum absolute atomic E-state index is 10.7. The smallest absolute Gasteiger partial charge is 0.0881 e. The van der Waals surface area contributed by atoms with Crippen molar-refractivity contribution < 1.29 is 5.11 Å². The summed E-state index contributed by atoms with van der Waals surface area (Å²) in [6, 6.07) is 9.94. The van der Waals surface area contributed by atoms with Gasteiger partial charge < -0.3 is 10.4 Å². The molecule has 0 bridgehead atoms. The number of nitrogens with zero attached hydrogens (tertiary/aromatic N) is 1. The summed E-state index contributed by atoms with van der Waals surface area (Å²) in [5.74, 6) is 0. The molecule has 1 heterocycles. The maximum Gasteiger partial charge on any atom is 0.0881 e. The number of pyridine rings is 1. The largest absolute Gasteiger partial charge is 0.385 e. The normalized spacial score (nSPS) is 15.2. The van der Waals surface area contributed by atoms with Crippen molar-refractivity contribution in [1.82, 2.24) is 10.3 Å². The van der Waals surface area contributed by atoms with Crippen molar-refractivity contribution in [3.05, 3.63) is 42.1 Å². The number of nitrogens with one attached hydrogen (secondary N) is 1. The lowest BCUT2D eigenvalue weighted by molar-refractivity contribution is 0.0465. The molecule has 0 amide bonds. The molecular weight excluding hydrogens is 248 g/mol. The first kappa shape index (κ1) is 14.9. The van der Waals surface area contributed by atoms with Gasteiger partial charge in [-0.1, -0.05) is 18.2 Å². The average molecular weight is 272 g/mol. The molecule has 1 unspecified atom stereocenters. The Morgan fingerprint density at radius 1 is 1.15 bits per heavy atom. The van der Waals surface area contributed by atoms with Gasteiger partial charge in [0.15, 0.2) is 0 Å². The molecule has 108 valence electrons. The third kappa shape index (κ3) is 3.78. The highest BCUT2D eigenvalue weighted by Crippen LogP contribution is 2.26. The molecule has 0 aliphatic heterocycles. The number of fused-ring (bicyclic) bond motifs is 1. The van der Waals surface area contributed by atoms with Gasteiger partial charge >= 0.3 is 0 Å². The Hall–Kier alpha value is -1.45. The number of hydrogen-bond acceptors (Lipinski definition) is 3. The number of aliphatic hydroxyl groups is 1. The molecule has 0 spiro atoms. The number of benzene rings is 1. The van der Waals surface area contributed by atoms with E-state index < -0.39 is 5.60 Å². The second kappa shape index (κ2) is 5.51. The monoisotopic (exact) mass is 272 g/mol. The summed E-state index contributed by atoms with van der Waals surface area (Å²) in [6.07, 6.45) is 2.45. The van der Waals surface area contributed by atoms with Crippen LogP contribution >= 0.6 is 0 Å². The summed E-state index contributed by atoms with van der Waals surface area (Å²) >= 11 is 0. The molecule has 0 saturated heterocycles. The van der Waals surface area contributed by atoms with E-state index in [1.54, 1.807) is 6.20 Å². The summed E-state index contributed by atoms with van der Waals surface area (Å²) in [4.78, 5) is 4.35. The van der Waals surface area contributed by atoms with Gasteiger partial charge in [-0.15, -0.1) is 0 Å². The van der Waals surface area contributed by atoms with Gasteiger partial charge in [-0.05, 0) is 58.4 Å². The van der Waals surface area contributed by atoms with Crippen molar-refractivity contribution in [3.63, 3.8) is 0 Å². The highest BCUT2D eigenvalue weighted by Gasteiger charge is 2.23.